The van der Waals surface area contributed by atoms with Gasteiger partial charge in [-0.2, -0.15) is 5.10 Å². The third kappa shape index (κ3) is 2.85. The Morgan fingerprint density at radius 1 is 1.35 bits per heavy atom. The Kier molecular flexibility index (Phi) is 4.14. The molecule has 2 aromatic rings. The Balaban J connectivity index is 2.52. The van der Waals surface area contributed by atoms with Crippen LogP contribution in [0.15, 0.2) is 24.4 Å². The number of benzene rings is 1. The van der Waals surface area contributed by atoms with Gasteiger partial charge in [0, 0.05) is 31.5 Å². The summed E-state index contributed by atoms with van der Waals surface area (Å²) in [6.45, 7) is 0.354. The molecule has 0 fully saturated rings. The second-order valence-electron chi connectivity index (χ2n) is 4.33. The van der Waals surface area contributed by atoms with Crippen molar-refractivity contribution in [2.24, 2.45) is 7.05 Å². The van der Waals surface area contributed by atoms with E-state index in [1.807, 2.05) is 0 Å². The molecule has 0 spiro atoms. The molecule has 0 aliphatic heterocycles. The van der Waals surface area contributed by atoms with Crippen LogP contribution in [-0.2, 0) is 23.1 Å². The zero-order valence-electron chi connectivity index (χ0n) is 11.5. The van der Waals surface area contributed by atoms with Gasteiger partial charge in [-0.05, 0) is 18.2 Å². The molecule has 0 N–H and O–H groups in total. The number of nitrogens with zero attached hydrogens (tertiary/aromatic N) is 2. The van der Waals surface area contributed by atoms with Gasteiger partial charge in [0.25, 0.3) is 0 Å². The molecule has 20 heavy (non-hydrogen) atoms. The van der Waals surface area contributed by atoms with E-state index in [0.717, 1.165) is 11.6 Å². The molecular formula is C14H15FN2O3. The van der Waals surface area contributed by atoms with Crippen LogP contribution in [0, 0.1) is 5.82 Å². The van der Waals surface area contributed by atoms with Gasteiger partial charge < -0.3 is 9.47 Å². The third-order valence-corrected chi connectivity index (χ3v) is 2.80. The van der Waals surface area contributed by atoms with Gasteiger partial charge in [-0.1, -0.05) is 0 Å². The van der Waals surface area contributed by atoms with Crippen LogP contribution in [0.5, 0.6) is 0 Å². The van der Waals surface area contributed by atoms with Crippen molar-refractivity contribution in [1.29, 1.82) is 0 Å². The van der Waals surface area contributed by atoms with Crippen molar-refractivity contribution < 1.29 is 18.7 Å². The Hall–Kier alpha value is -2.21. The summed E-state index contributed by atoms with van der Waals surface area (Å²) in [5.41, 5.74) is 2.06. The number of carbonyl (C=O) groups excluding carboxylic acids is 1. The molecule has 0 atom stereocenters. The SMILES string of the molecule is COCc1cn(C)nc1-c1cc(F)cc(C(=O)OC)c1. The number of aryl methyl sites for hydroxylation is 1. The first-order chi connectivity index (χ1) is 9.55. The molecule has 0 aliphatic rings. The Bertz CT molecular complexity index is 637. The van der Waals surface area contributed by atoms with Crippen LogP contribution < -0.4 is 0 Å². The summed E-state index contributed by atoms with van der Waals surface area (Å²) in [7, 11) is 4.59. The maximum absolute atomic E-state index is 13.7. The van der Waals surface area contributed by atoms with Crippen molar-refractivity contribution in [3.05, 3.63) is 41.3 Å². The summed E-state index contributed by atoms with van der Waals surface area (Å²) in [4.78, 5) is 11.5. The maximum atomic E-state index is 13.7. The number of hydrogen-bond acceptors (Lipinski definition) is 4. The van der Waals surface area contributed by atoms with Gasteiger partial charge in [0.1, 0.15) is 5.82 Å². The summed E-state index contributed by atoms with van der Waals surface area (Å²) >= 11 is 0. The van der Waals surface area contributed by atoms with Gasteiger partial charge in [-0.3, -0.25) is 4.68 Å². The number of hydrogen-bond donors (Lipinski definition) is 0. The standard InChI is InChI=1S/C14H15FN2O3/c1-17-7-11(8-19-2)13(16-17)9-4-10(14(18)20-3)6-12(15)5-9/h4-7H,8H2,1-3H3. The van der Waals surface area contributed by atoms with Crippen LogP contribution in [0.4, 0.5) is 4.39 Å². The number of esters is 1. The van der Waals surface area contributed by atoms with Crippen LogP contribution in [0.1, 0.15) is 15.9 Å². The Morgan fingerprint density at radius 3 is 2.75 bits per heavy atom. The van der Waals surface area contributed by atoms with E-state index in [9.17, 15) is 9.18 Å². The highest BCUT2D eigenvalue weighted by Gasteiger charge is 2.15. The third-order valence-electron chi connectivity index (χ3n) is 2.80. The summed E-state index contributed by atoms with van der Waals surface area (Å²) in [5.74, 6) is -1.10. The Morgan fingerprint density at radius 2 is 2.10 bits per heavy atom. The van der Waals surface area contributed by atoms with Gasteiger partial charge >= 0.3 is 5.97 Å². The number of carbonyl (C=O) groups is 1. The smallest absolute Gasteiger partial charge is 0.337 e. The molecule has 0 amide bonds. The van der Waals surface area contributed by atoms with Crippen LogP contribution in [0.25, 0.3) is 11.3 Å². The number of halogens is 1. The highest BCUT2D eigenvalue weighted by molar-refractivity contribution is 5.91. The highest BCUT2D eigenvalue weighted by atomic mass is 19.1. The van der Waals surface area contributed by atoms with Gasteiger partial charge in [0.2, 0.25) is 0 Å². The maximum Gasteiger partial charge on any atom is 0.337 e. The van der Waals surface area contributed by atoms with Gasteiger partial charge in [0.05, 0.1) is 25.0 Å². The van der Waals surface area contributed by atoms with E-state index in [2.05, 4.69) is 9.84 Å². The molecule has 0 unspecified atom stereocenters. The molecule has 0 saturated heterocycles. The molecule has 0 aliphatic carbocycles. The number of methoxy groups -OCH3 is 2. The average Bonchev–Trinajstić information content (AvgIpc) is 2.78. The van der Waals surface area contributed by atoms with Crippen LogP contribution in [-0.4, -0.2) is 30.0 Å². The molecule has 2 rings (SSSR count). The molecule has 106 valence electrons. The van der Waals surface area contributed by atoms with Gasteiger partial charge in [-0.15, -0.1) is 0 Å². The second kappa shape index (κ2) is 5.83. The quantitative estimate of drug-likeness (QED) is 0.804. The highest BCUT2D eigenvalue weighted by Crippen LogP contribution is 2.25. The first-order valence-electron chi connectivity index (χ1n) is 5.96. The van der Waals surface area contributed by atoms with E-state index in [0.29, 0.717) is 17.9 Å². The predicted molar refractivity (Wildman–Crippen MR) is 70.7 cm³/mol. The Labute approximate surface area is 115 Å². The predicted octanol–water partition coefficient (Wildman–Crippen LogP) is 2.16. The minimum atomic E-state index is -0.588. The van der Waals surface area contributed by atoms with E-state index in [1.165, 1.54) is 13.2 Å². The summed E-state index contributed by atoms with van der Waals surface area (Å²) in [6, 6.07) is 4.01. The average molecular weight is 278 g/mol. The molecular weight excluding hydrogens is 263 g/mol. The molecule has 0 bridgehead atoms. The minimum Gasteiger partial charge on any atom is -0.465 e. The zero-order chi connectivity index (χ0) is 14.7. The first-order valence-corrected chi connectivity index (χ1v) is 5.96. The molecule has 1 aromatic heterocycles. The molecule has 1 heterocycles. The van der Waals surface area contributed by atoms with Crippen LogP contribution >= 0.6 is 0 Å². The fourth-order valence-electron chi connectivity index (χ4n) is 2.00. The van der Waals surface area contributed by atoms with Crippen molar-refractivity contribution in [1.82, 2.24) is 9.78 Å². The normalized spacial score (nSPS) is 10.6. The number of aromatic nitrogens is 2. The van der Waals surface area contributed by atoms with E-state index < -0.39 is 11.8 Å². The number of ether oxygens (including phenoxy) is 2. The zero-order valence-corrected chi connectivity index (χ0v) is 11.5. The lowest BCUT2D eigenvalue weighted by molar-refractivity contribution is 0.0600. The van der Waals surface area contributed by atoms with E-state index >= 15 is 0 Å². The molecule has 1 aromatic carbocycles. The molecule has 0 saturated carbocycles. The van der Waals surface area contributed by atoms with Crippen molar-refractivity contribution in [3.63, 3.8) is 0 Å². The molecule has 5 nitrogen and oxygen atoms in total. The summed E-state index contributed by atoms with van der Waals surface area (Å²) in [5, 5.41) is 4.28. The fraction of sp³-hybridized carbons (Fsp3) is 0.286. The monoisotopic (exact) mass is 278 g/mol. The largest absolute Gasteiger partial charge is 0.465 e. The van der Waals surface area contributed by atoms with Crippen molar-refractivity contribution in [2.45, 2.75) is 6.61 Å². The van der Waals surface area contributed by atoms with Crippen LogP contribution in [0.3, 0.4) is 0 Å². The summed E-state index contributed by atoms with van der Waals surface area (Å²) in [6.07, 6.45) is 1.79. The summed E-state index contributed by atoms with van der Waals surface area (Å²) < 4.78 is 25.0. The first kappa shape index (κ1) is 14.2. The van der Waals surface area contributed by atoms with E-state index in [4.69, 9.17) is 4.74 Å². The van der Waals surface area contributed by atoms with Crippen molar-refractivity contribution >= 4 is 5.97 Å². The number of rotatable bonds is 4. The minimum absolute atomic E-state index is 0.150. The van der Waals surface area contributed by atoms with Crippen molar-refractivity contribution in [3.8, 4) is 11.3 Å². The second-order valence-corrected chi connectivity index (χ2v) is 4.33. The van der Waals surface area contributed by atoms with E-state index in [-0.39, 0.29) is 5.56 Å². The van der Waals surface area contributed by atoms with E-state index in [1.54, 1.807) is 31.1 Å². The lowest BCUT2D eigenvalue weighted by Crippen LogP contribution is -2.02. The molecule has 0 radical (unpaired) electrons. The van der Waals surface area contributed by atoms with Crippen molar-refractivity contribution in [2.75, 3.05) is 14.2 Å². The fourth-order valence-corrected chi connectivity index (χ4v) is 2.00. The van der Waals surface area contributed by atoms with Gasteiger partial charge in [-0.25, -0.2) is 9.18 Å². The lowest BCUT2D eigenvalue weighted by atomic mass is 10.1. The lowest BCUT2D eigenvalue weighted by Gasteiger charge is -2.05. The van der Waals surface area contributed by atoms with Gasteiger partial charge in [0.15, 0.2) is 0 Å². The molecule has 6 heteroatoms. The topological polar surface area (TPSA) is 53.4 Å². The van der Waals surface area contributed by atoms with Crippen LogP contribution in [0.2, 0.25) is 0 Å².